The molecule has 2 nitrogen and oxygen atoms in total. The molecular formula is C16H19FO2. The van der Waals surface area contributed by atoms with Gasteiger partial charge in [0.2, 0.25) is 0 Å². The fraction of sp³-hybridized carbons (Fsp3) is 0.500. The van der Waals surface area contributed by atoms with Crippen molar-refractivity contribution >= 4 is 11.6 Å². The van der Waals surface area contributed by atoms with Crippen LogP contribution in [0.15, 0.2) is 24.3 Å². The highest BCUT2D eigenvalue weighted by Crippen LogP contribution is 2.25. The summed E-state index contributed by atoms with van der Waals surface area (Å²) in [7, 11) is 0. The van der Waals surface area contributed by atoms with Crippen molar-refractivity contribution in [3.8, 4) is 0 Å². The smallest absolute Gasteiger partial charge is 0.163 e. The number of hydrogen-bond acceptors (Lipinski definition) is 2. The van der Waals surface area contributed by atoms with Gasteiger partial charge in [0.1, 0.15) is 11.6 Å². The summed E-state index contributed by atoms with van der Waals surface area (Å²) in [5, 5.41) is 0. The minimum absolute atomic E-state index is 0.0795. The van der Waals surface area contributed by atoms with E-state index in [1.165, 1.54) is 30.7 Å². The van der Waals surface area contributed by atoms with E-state index in [1.54, 1.807) is 0 Å². The zero-order valence-corrected chi connectivity index (χ0v) is 11.0. The van der Waals surface area contributed by atoms with Crippen LogP contribution in [0, 0.1) is 11.7 Å². The van der Waals surface area contributed by atoms with Crippen LogP contribution in [0.5, 0.6) is 0 Å². The molecule has 1 aromatic carbocycles. The molecule has 0 atom stereocenters. The maximum atomic E-state index is 12.7. The third-order valence-corrected chi connectivity index (χ3v) is 3.83. The average molecular weight is 262 g/mol. The van der Waals surface area contributed by atoms with Gasteiger partial charge in [0.15, 0.2) is 5.78 Å². The summed E-state index contributed by atoms with van der Waals surface area (Å²) >= 11 is 0. The van der Waals surface area contributed by atoms with Crippen molar-refractivity contribution in [3.63, 3.8) is 0 Å². The van der Waals surface area contributed by atoms with Crippen molar-refractivity contribution in [2.24, 2.45) is 5.92 Å². The second-order valence-electron chi connectivity index (χ2n) is 5.23. The number of Topliss-reactive ketones (excluding diaryl/α,β-unsaturated/α-hetero) is 2. The Morgan fingerprint density at radius 1 is 1.00 bits per heavy atom. The van der Waals surface area contributed by atoms with Crippen molar-refractivity contribution in [3.05, 3.63) is 35.6 Å². The van der Waals surface area contributed by atoms with Crippen LogP contribution < -0.4 is 0 Å². The summed E-state index contributed by atoms with van der Waals surface area (Å²) in [6, 6.07) is 5.50. The predicted octanol–water partition coefficient (Wildman–Crippen LogP) is 3.94. The Labute approximate surface area is 113 Å². The lowest BCUT2D eigenvalue weighted by Gasteiger charge is -2.19. The maximum absolute atomic E-state index is 12.7. The lowest BCUT2D eigenvalue weighted by molar-refractivity contribution is -0.123. The van der Waals surface area contributed by atoms with Crippen molar-refractivity contribution in [2.45, 2.75) is 44.9 Å². The third-order valence-electron chi connectivity index (χ3n) is 3.83. The number of carbonyl (C=O) groups excluding carboxylic acids is 2. The highest BCUT2D eigenvalue weighted by atomic mass is 19.1. The van der Waals surface area contributed by atoms with E-state index in [0.717, 1.165) is 25.7 Å². The first kappa shape index (κ1) is 13.9. The molecule has 1 saturated carbocycles. The molecule has 1 fully saturated rings. The molecule has 0 aliphatic heterocycles. The van der Waals surface area contributed by atoms with Crippen molar-refractivity contribution in [1.82, 2.24) is 0 Å². The normalized spacial score (nSPS) is 16.3. The Kier molecular flexibility index (Phi) is 4.83. The first-order valence-corrected chi connectivity index (χ1v) is 6.98. The van der Waals surface area contributed by atoms with Gasteiger partial charge in [0.25, 0.3) is 0 Å². The molecule has 0 amide bonds. The molecule has 0 N–H and O–H groups in total. The van der Waals surface area contributed by atoms with E-state index in [4.69, 9.17) is 0 Å². The Hall–Kier alpha value is -1.51. The molecule has 0 heterocycles. The number of ketones is 2. The van der Waals surface area contributed by atoms with Crippen molar-refractivity contribution in [1.29, 1.82) is 0 Å². The number of benzene rings is 1. The molecule has 102 valence electrons. The number of halogens is 1. The maximum Gasteiger partial charge on any atom is 0.163 e. The van der Waals surface area contributed by atoms with E-state index < -0.39 is 0 Å². The summed E-state index contributed by atoms with van der Waals surface area (Å²) in [5.74, 6) is -0.0519. The van der Waals surface area contributed by atoms with Gasteiger partial charge < -0.3 is 0 Å². The molecule has 0 aromatic heterocycles. The molecule has 1 aromatic rings. The first-order chi connectivity index (χ1) is 9.16. The molecule has 0 unspecified atom stereocenters. The molecule has 1 aliphatic rings. The number of hydrogen-bond donors (Lipinski definition) is 0. The van der Waals surface area contributed by atoms with Gasteiger partial charge in [-0.25, -0.2) is 4.39 Å². The third kappa shape index (κ3) is 3.98. The second kappa shape index (κ2) is 6.60. The SMILES string of the molecule is O=C(CCC(=O)C1CCCCC1)c1ccc(F)cc1. The molecule has 2 rings (SSSR count). The summed E-state index contributed by atoms with van der Waals surface area (Å²) in [5.41, 5.74) is 0.484. The molecule has 19 heavy (non-hydrogen) atoms. The molecule has 0 bridgehead atoms. The highest BCUT2D eigenvalue weighted by Gasteiger charge is 2.21. The lowest BCUT2D eigenvalue weighted by atomic mass is 9.84. The molecule has 0 spiro atoms. The van der Waals surface area contributed by atoms with Gasteiger partial charge in [-0.3, -0.25) is 9.59 Å². The van der Waals surface area contributed by atoms with E-state index in [-0.39, 0.29) is 29.7 Å². The molecule has 0 saturated heterocycles. The van der Waals surface area contributed by atoms with E-state index in [1.807, 2.05) is 0 Å². The van der Waals surface area contributed by atoms with Crippen molar-refractivity contribution in [2.75, 3.05) is 0 Å². The van der Waals surface area contributed by atoms with Crippen LogP contribution in [0.3, 0.4) is 0 Å². The molecule has 3 heteroatoms. The van der Waals surface area contributed by atoms with Gasteiger partial charge in [-0.05, 0) is 37.1 Å². The van der Waals surface area contributed by atoms with E-state index in [2.05, 4.69) is 0 Å². The Bertz CT molecular complexity index is 444. The summed E-state index contributed by atoms with van der Waals surface area (Å²) < 4.78 is 12.7. The topological polar surface area (TPSA) is 34.1 Å². The Morgan fingerprint density at radius 3 is 2.26 bits per heavy atom. The standard InChI is InChI=1S/C16H19FO2/c17-14-8-6-13(7-9-14)16(19)11-10-15(18)12-4-2-1-3-5-12/h6-9,12H,1-5,10-11H2. The highest BCUT2D eigenvalue weighted by molar-refractivity contribution is 5.98. The van der Waals surface area contributed by atoms with Gasteiger partial charge in [0.05, 0.1) is 0 Å². The van der Waals surface area contributed by atoms with Crippen LogP contribution in [-0.2, 0) is 4.79 Å². The van der Waals surface area contributed by atoms with Gasteiger partial charge in [-0.1, -0.05) is 19.3 Å². The average Bonchev–Trinajstić information content (AvgIpc) is 2.46. The van der Waals surface area contributed by atoms with E-state index in [9.17, 15) is 14.0 Å². The zero-order valence-electron chi connectivity index (χ0n) is 11.0. The Balaban J connectivity index is 1.82. The summed E-state index contributed by atoms with van der Waals surface area (Å²) in [6.45, 7) is 0. The fourth-order valence-electron chi connectivity index (χ4n) is 2.65. The van der Waals surface area contributed by atoms with Crippen LogP contribution in [0.4, 0.5) is 4.39 Å². The summed E-state index contributed by atoms with van der Waals surface area (Å²) in [4.78, 5) is 23.8. The minimum atomic E-state index is -0.352. The zero-order chi connectivity index (χ0) is 13.7. The Morgan fingerprint density at radius 2 is 1.63 bits per heavy atom. The first-order valence-electron chi connectivity index (χ1n) is 6.98. The lowest BCUT2D eigenvalue weighted by Crippen LogP contribution is -2.18. The van der Waals surface area contributed by atoms with Crippen LogP contribution in [-0.4, -0.2) is 11.6 Å². The van der Waals surface area contributed by atoms with E-state index in [0.29, 0.717) is 12.0 Å². The van der Waals surface area contributed by atoms with Crippen molar-refractivity contribution < 1.29 is 14.0 Å². The summed E-state index contributed by atoms with van der Waals surface area (Å²) in [6.07, 6.45) is 5.98. The van der Waals surface area contributed by atoms with Crippen LogP contribution >= 0.6 is 0 Å². The van der Waals surface area contributed by atoms with Gasteiger partial charge in [-0.15, -0.1) is 0 Å². The van der Waals surface area contributed by atoms with Crippen LogP contribution in [0.25, 0.3) is 0 Å². The largest absolute Gasteiger partial charge is 0.299 e. The second-order valence-corrected chi connectivity index (χ2v) is 5.23. The van der Waals surface area contributed by atoms with Crippen LogP contribution in [0.2, 0.25) is 0 Å². The fourth-order valence-corrected chi connectivity index (χ4v) is 2.65. The van der Waals surface area contributed by atoms with E-state index >= 15 is 0 Å². The molecule has 1 aliphatic carbocycles. The van der Waals surface area contributed by atoms with Gasteiger partial charge in [0, 0.05) is 24.3 Å². The number of carbonyl (C=O) groups is 2. The van der Waals surface area contributed by atoms with Gasteiger partial charge in [-0.2, -0.15) is 0 Å². The number of rotatable bonds is 5. The van der Waals surface area contributed by atoms with Crippen LogP contribution in [0.1, 0.15) is 55.3 Å². The predicted molar refractivity (Wildman–Crippen MR) is 71.5 cm³/mol. The molecular weight excluding hydrogens is 243 g/mol. The monoisotopic (exact) mass is 262 g/mol. The molecule has 0 radical (unpaired) electrons. The van der Waals surface area contributed by atoms with Gasteiger partial charge >= 0.3 is 0 Å². The quantitative estimate of drug-likeness (QED) is 0.753. The minimum Gasteiger partial charge on any atom is -0.299 e.